The van der Waals surface area contributed by atoms with Crippen molar-refractivity contribution in [2.75, 3.05) is 45.3 Å². The summed E-state index contributed by atoms with van der Waals surface area (Å²) in [6.07, 6.45) is 4.65. The highest BCUT2D eigenvalue weighted by atomic mass is 32.2. The molecular formula is C20H31N3O3S. The van der Waals surface area contributed by atoms with Crippen molar-refractivity contribution in [2.45, 2.75) is 25.3 Å². The molecule has 1 aliphatic heterocycles. The minimum Gasteiger partial charge on any atom is -0.484 e. The minimum atomic E-state index is -0.481. The predicted molar refractivity (Wildman–Crippen MR) is 110 cm³/mol. The molecule has 7 heteroatoms. The predicted octanol–water partition coefficient (Wildman–Crippen LogP) is 1.76. The number of para-hydroxylation sites is 1. The molecule has 27 heavy (non-hydrogen) atoms. The largest absolute Gasteiger partial charge is 0.484 e. The molecule has 1 saturated heterocycles. The lowest BCUT2D eigenvalue weighted by Gasteiger charge is -2.34. The molecular weight excluding hydrogens is 362 g/mol. The third kappa shape index (κ3) is 7.42. The van der Waals surface area contributed by atoms with Crippen molar-refractivity contribution in [3.8, 4) is 5.75 Å². The number of likely N-dealkylation sites (tertiary alicyclic amines) is 1. The van der Waals surface area contributed by atoms with E-state index < -0.39 is 6.04 Å². The fourth-order valence-electron chi connectivity index (χ4n) is 3.26. The lowest BCUT2D eigenvalue weighted by molar-refractivity contribution is -0.138. The van der Waals surface area contributed by atoms with Gasteiger partial charge in [-0.2, -0.15) is 11.8 Å². The number of carbonyl (C=O) groups excluding carboxylic acids is 2. The minimum absolute atomic E-state index is 0.0278. The summed E-state index contributed by atoms with van der Waals surface area (Å²) in [4.78, 5) is 27.1. The van der Waals surface area contributed by atoms with Gasteiger partial charge in [-0.15, -0.1) is 0 Å². The van der Waals surface area contributed by atoms with Gasteiger partial charge in [-0.1, -0.05) is 18.2 Å². The van der Waals surface area contributed by atoms with Gasteiger partial charge in [-0.25, -0.2) is 0 Å². The van der Waals surface area contributed by atoms with E-state index in [1.54, 1.807) is 23.9 Å². The van der Waals surface area contributed by atoms with E-state index in [1.165, 1.54) is 0 Å². The van der Waals surface area contributed by atoms with Gasteiger partial charge in [0.05, 0.1) is 0 Å². The molecule has 1 atom stereocenters. The molecule has 6 nitrogen and oxygen atoms in total. The Morgan fingerprint density at radius 2 is 1.96 bits per heavy atom. The third-order valence-corrected chi connectivity index (χ3v) is 5.42. The van der Waals surface area contributed by atoms with Gasteiger partial charge in [-0.05, 0) is 62.9 Å². The zero-order valence-electron chi connectivity index (χ0n) is 16.3. The van der Waals surface area contributed by atoms with Gasteiger partial charge < -0.3 is 20.3 Å². The lowest BCUT2D eigenvalue weighted by Crippen LogP contribution is -2.52. The van der Waals surface area contributed by atoms with Crippen LogP contribution in [0.25, 0.3) is 0 Å². The highest BCUT2D eigenvalue weighted by Gasteiger charge is 2.29. The molecule has 1 heterocycles. The Bertz CT molecular complexity index is 577. The number of benzene rings is 1. The van der Waals surface area contributed by atoms with E-state index in [0.29, 0.717) is 18.1 Å². The van der Waals surface area contributed by atoms with Gasteiger partial charge >= 0.3 is 0 Å². The van der Waals surface area contributed by atoms with E-state index in [2.05, 4.69) is 10.6 Å². The highest BCUT2D eigenvalue weighted by molar-refractivity contribution is 7.98. The van der Waals surface area contributed by atoms with Crippen LogP contribution in [0, 0.1) is 5.92 Å². The van der Waals surface area contributed by atoms with Gasteiger partial charge in [0.1, 0.15) is 11.8 Å². The number of carbonyl (C=O) groups is 2. The first kappa shape index (κ1) is 21.6. The summed E-state index contributed by atoms with van der Waals surface area (Å²) in [5, 5.41) is 6.08. The molecule has 2 amide bonds. The van der Waals surface area contributed by atoms with Crippen LogP contribution in [-0.2, 0) is 9.59 Å². The quantitative estimate of drug-likeness (QED) is 0.634. The molecule has 1 aromatic carbocycles. The molecule has 1 fully saturated rings. The SMILES string of the molecule is CNCC1CCN(C(=O)C(CCSC)NC(=O)COc2ccccc2)CC1. The Balaban J connectivity index is 1.85. The average Bonchev–Trinajstić information content (AvgIpc) is 2.70. The topological polar surface area (TPSA) is 70.7 Å². The number of nitrogens with zero attached hydrogens (tertiary/aromatic N) is 1. The number of hydrogen-bond donors (Lipinski definition) is 2. The summed E-state index contributed by atoms with van der Waals surface area (Å²) in [5.74, 6) is 1.86. The van der Waals surface area contributed by atoms with E-state index in [1.807, 2.05) is 36.4 Å². The van der Waals surface area contributed by atoms with Crippen molar-refractivity contribution in [1.82, 2.24) is 15.5 Å². The van der Waals surface area contributed by atoms with Crippen LogP contribution in [0.5, 0.6) is 5.75 Å². The Kier molecular flexibility index (Phi) is 9.48. The molecule has 0 bridgehead atoms. The number of amides is 2. The van der Waals surface area contributed by atoms with Gasteiger partial charge in [0.2, 0.25) is 5.91 Å². The number of ether oxygens (including phenoxy) is 1. The van der Waals surface area contributed by atoms with E-state index in [-0.39, 0.29) is 18.4 Å². The van der Waals surface area contributed by atoms with Crippen LogP contribution in [0.15, 0.2) is 30.3 Å². The first-order valence-electron chi connectivity index (χ1n) is 9.53. The van der Waals surface area contributed by atoms with Crippen LogP contribution in [0.1, 0.15) is 19.3 Å². The molecule has 0 radical (unpaired) electrons. The van der Waals surface area contributed by atoms with E-state index in [9.17, 15) is 9.59 Å². The first-order chi connectivity index (χ1) is 13.1. The summed E-state index contributed by atoms with van der Waals surface area (Å²) in [6, 6.07) is 8.73. The van der Waals surface area contributed by atoms with Gasteiger partial charge in [-0.3, -0.25) is 9.59 Å². The number of piperidine rings is 1. The second kappa shape index (κ2) is 11.9. The van der Waals surface area contributed by atoms with E-state index in [4.69, 9.17) is 4.74 Å². The standard InChI is InChI=1S/C20H31N3O3S/c1-21-14-16-8-11-23(12-9-16)20(25)18(10-13-27-2)22-19(24)15-26-17-6-4-3-5-7-17/h3-7,16,18,21H,8-15H2,1-2H3,(H,22,24). The second-order valence-electron chi connectivity index (χ2n) is 6.83. The normalized spacial score (nSPS) is 16.0. The van der Waals surface area contributed by atoms with Crippen molar-refractivity contribution in [3.05, 3.63) is 30.3 Å². The van der Waals surface area contributed by atoms with Gasteiger partial charge in [0, 0.05) is 13.1 Å². The summed E-state index contributed by atoms with van der Waals surface area (Å²) in [6.45, 7) is 2.43. The van der Waals surface area contributed by atoms with Crippen LogP contribution in [0.2, 0.25) is 0 Å². The Morgan fingerprint density at radius 3 is 2.59 bits per heavy atom. The maximum Gasteiger partial charge on any atom is 0.258 e. The fraction of sp³-hybridized carbons (Fsp3) is 0.600. The molecule has 0 spiro atoms. The van der Waals surface area contributed by atoms with Crippen LogP contribution < -0.4 is 15.4 Å². The third-order valence-electron chi connectivity index (χ3n) is 4.78. The van der Waals surface area contributed by atoms with Crippen molar-refractivity contribution >= 4 is 23.6 Å². The van der Waals surface area contributed by atoms with Crippen LogP contribution >= 0.6 is 11.8 Å². The summed E-state index contributed by atoms with van der Waals surface area (Å²) < 4.78 is 5.49. The van der Waals surface area contributed by atoms with Crippen molar-refractivity contribution < 1.29 is 14.3 Å². The molecule has 1 aliphatic rings. The fourth-order valence-corrected chi connectivity index (χ4v) is 3.73. The van der Waals surface area contributed by atoms with Crippen LogP contribution in [0.4, 0.5) is 0 Å². The summed E-state index contributed by atoms with van der Waals surface area (Å²) in [5.41, 5.74) is 0. The molecule has 0 aromatic heterocycles. The van der Waals surface area contributed by atoms with E-state index >= 15 is 0 Å². The van der Waals surface area contributed by atoms with Crippen LogP contribution in [0.3, 0.4) is 0 Å². The molecule has 0 saturated carbocycles. The zero-order chi connectivity index (χ0) is 19.5. The zero-order valence-corrected chi connectivity index (χ0v) is 17.1. The number of rotatable bonds is 10. The highest BCUT2D eigenvalue weighted by Crippen LogP contribution is 2.18. The molecule has 1 unspecified atom stereocenters. The number of hydrogen-bond acceptors (Lipinski definition) is 5. The first-order valence-corrected chi connectivity index (χ1v) is 10.9. The molecule has 0 aliphatic carbocycles. The Labute approximate surface area is 166 Å². The Morgan fingerprint density at radius 1 is 1.26 bits per heavy atom. The molecule has 1 aromatic rings. The summed E-state index contributed by atoms with van der Waals surface area (Å²) in [7, 11) is 1.96. The van der Waals surface area contributed by atoms with Crippen molar-refractivity contribution in [2.24, 2.45) is 5.92 Å². The monoisotopic (exact) mass is 393 g/mol. The smallest absolute Gasteiger partial charge is 0.258 e. The number of nitrogens with one attached hydrogen (secondary N) is 2. The summed E-state index contributed by atoms with van der Waals surface area (Å²) >= 11 is 1.68. The molecule has 2 rings (SSSR count). The molecule has 150 valence electrons. The molecule has 2 N–H and O–H groups in total. The van der Waals surface area contributed by atoms with Crippen molar-refractivity contribution in [3.63, 3.8) is 0 Å². The average molecular weight is 394 g/mol. The van der Waals surface area contributed by atoms with Gasteiger partial charge in [0.15, 0.2) is 6.61 Å². The maximum absolute atomic E-state index is 12.9. The van der Waals surface area contributed by atoms with Crippen molar-refractivity contribution in [1.29, 1.82) is 0 Å². The second-order valence-corrected chi connectivity index (χ2v) is 7.82. The van der Waals surface area contributed by atoms with Gasteiger partial charge in [0.25, 0.3) is 5.91 Å². The van der Waals surface area contributed by atoms with E-state index in [0.717, 1.165) is 38.2 Å². The number of thioether (sulfide) groups is 1. The van der Waals surface area contributed by atoms with Crippen LogP contribution in [-0.4, -0.2) is 68.1 Å². The lowest BCUT2D eigenvalue weighted by atomic mass is 9.96. The Hall–Kier alpha value is -1.73. The maximum atomic E-state index is 12.9.